The second-order valence-electron chi connectivity index (χ2n) is 4.31. The molecule has 0 amide bonds. The van der Waals surface area contributed by atoms with Crippen molar-refractivity contribution in [3.63, 3.8) is 0 Å². The van der Waals surface area contributed by atoms with Crippen molar-refractivity contribution >= 4 is 23.1 Å². The van der Waals surface area contributed by atoms with E-state index in [1.54, 1.807) is 17.8 Å². The summed E-state index contributed by atoms with van der Waals surface area (Å²) >= 11 is 1.56. The summed E-state index contributed by atoms with van der Waals surface area (Å²) in [6, 6.07) is 15.4. The van der Waals surface area contributed by atoms with Crippen molar-refractivity contribution < 1.29 is 4.74 Å². The van der Waals surface area contributed by atoms with Crippen LogP contribution in [-0.2, 0) is 0 Å². The van der Waals surface area contributed by atoms with Gasteiger partial charge in [0.05, 0.1) is 16.9 Å². The molecule has 4 nitrogen and oxygen atoms in total. The summed E-state index contributed by atoms with van der Waals surface area (Å²) in [7, 11) is 0. The van der Waals surface area contributed by atoms with E-state index >= 15 is 0 Å². The minimum absolute atomic E-state index is 0.475. The van der Waals surface area contributed by atoms with E-state index in [1.165, 1.54) is 0 Å². The van der Waals surface area contributed by atoms with Crippen molar-refractivity contribution in [2.24, 2.45) is 0 Å². The summed E-state index contributed by atoms with van der Waals surface area (Å²) in [6.07, 6.45) is 1.96. The van der Waals surface area contributed by atoms with Gasteiger partial charge < -0.3 is 15.8 Å². The zero-order chi connectivity index (χ0) is 15.1. The fraction of sp³-hybridized carbons (Fsp3) is 0.188. The summed E-state index contributed by atoms with van der Waals surface area (Å²) < 4.78 is 5.61. The van der Waals surface area contributed by atoms with Crippen LogP contribution in [0.15, 0.2) is 47.4 Å². The van der Waals surface area contributed by atoms with Gasteiger partial charge in [-0.05, 0) is 30.5 Å². The zero-order valence-corrected chi connectivity index (χ0v) is 12.6. The molecule has 0 atom stereocenters. The molecule has 2 aromatic carbocycles. The summed E-state index contributed by atoms with van der Waals surface area (Å²) in [4.78, 5) is 0.968. The number of nitriles is 1. The van der Waals surface area contributed by atoms with Gasteiger partial charge in [0.15, 0.2) is 0 Å². The molecule has 2 aromatic rings. The molecule has 0 radical (unpaired) electrons. The number of hydrogen-bond acceptors (Lipinski definition) is 5. The summed E-state index contributed by atoms with van der Waals surface area (Å²) in [6.45, 7) is 1.07. The van der Waals surface area contributed by atoms with Gasteiger partial charge in [0.25, 0.3) is 0 Å². The molecule has 0 bridgehead atoms. The summed E-state index contributed by atoms with van der Waals surface area (Å²) in [5, 5.41) is 12.5. The SMILES string of the molecule is CSc1cccc(NCCOc2ccccc2N)c1C#N. The summed E-state index contributed by atoms with van der Waals surface area (Å²) in [5.41, 5.74) is 7.93. The van der Waals surface area contributed by atoms with Crippen molar-refractivity contribution in [2.75, 3.05) is 30.5 Å². The molecule has 0 spiro atoms. The molecule has 0 aromatic heterocycles. The second-order valence-corrected chi connectivity index (χ2v) is 5.16. The number of nitrogen functional groups attached to an aromatic ring is 1. The Hall–Kier alpha value is -2.32. The van der Waals surface area contributed by atoms with Crippen LogP contribution in [0.3, 0.4) is 0 Å². The number of hydrogen-bond donors (Lipinski definition) is 2. The Labute approximate surface area is 128 Å². The Kier molecular flexibility index (Phi) is 5.35. The zero-order valence-electron chi connectivity index (χ0n) is 11.8. The van der Waals surface area contributed by atoms with Gasteiger partial charge in [-0.25, -0.2) is 0 Å². The lowest BCUT2D eigenvalue weighted by Gasteiger charge is -2.12. The number of nitrogens with zero attached hydrogens (tertiary/aromatic N) is 1. The van der Waals surface area contributed by atoms with Crippen LogP contribution < -0.4 is 15.8 Å². The Morgan fingerprint density at radius 1 is 1.24 bits per heavy atom. The van der Waals surface area contributed by atoms with Gasteiger partial charge in [-0.2, -0.15) is 5.26 Å². The minimum Gasteiger partial charge on any atom is -0.490 e. The van der Waals surface area contributed by atoms with E-state index in [4.69, 9.17) is 10.5 Å². The molecule has 0 heterocycles. The molecule has 0 saturated heterocycles. The lowest BCUT2D eigenvalue weighted by molar-refractivity contribution is 0.334. The van der Waals surface area contributed by atoms with Crippen molar-refractivity contribution in [1.29, 1.82) is 5.26 Å². The molecule has 0 unspecified atom stereocenters. The lowest BCUT2D eigenvalue weighted by Crippen LogP contribution is -2.13. The molecular weight excluding hydrogens is 282 g/mol. The first-order valence-electron chi connectivity index (χ1n) is 6.54. The maximum atomic E-state index is 9.25. The molecular formula is C16H17N3OS. The van der Waals surface area contributed by atoms with Crippen LogP contribution in [0, 0.1) is 11.3 Å². The number of rotatable bonds is 6. The number of nitrogens with two attached hydrogens (primary N) is 1. The van der Waals surface area contributed by atoms with Crippen LogP contribution in [0.1, 0.15) is 5.56 Å². The smallest absolute Gasteiger partial charge is 0.142 e. The Morgan fingerprint density at radius 3 is 2.76 bits per heavy atom. The average Bonchev–Trinajstić information content (AvgIpc) is 2.52. The number of anilines is 2. The maximum Gasteiger partial charge on any atom is 0.142 e. The van der Waals surface area contributed by atoms with E-state index in [2.05, 4.69) is 11.4 Å². The van der Waals surface area contributed by atoms with Gasteiger partial charge in [-0.1, -0.05) is 18.2 Å². The Balaban J connectivity index is 1.93. The van der Waals surface area contributed by atoms with Crippen molar-refractivity contribution in [3.8, 4) is 11.8 Å². The van der Waals surface area contributed by atoms with E-state index in [1.807, 2.05) is 42.7 Å². The predicted octanol–water partition coefficient (Wildman–Crippen LogP) is 3.35. The lowest BCUT2D eigenvalue weighted by atomic mass is 10.2. The fourth-order valence-electron chi connectivity index (χ4n) is 1.92. The second kappa shape index (κ2) is 7.46. The number of thioether (sulfide) groups is 1. The average molecular weight is 299 g/mol. The van der Waals surface area contributed by atoms with Crippen molar-refractivity contribution in [3.05, 3.63) is 48.0 Å². The van der Waals surface area contributed by atoms with E-state index in [-0.39, 0.29) is 0 Å². The Bertz CT molecular complexity index is 652. The molecule has 21 heavy (non-hydrogen) atoms. The van der Waals surface area contributed by atoms with Crippen LogP contribution in [-0.4, -0.2) is 19.4 Å². The van der Waals surface area contributed by atoms with Crippen LogP contribution in [0.4, 0.5) is 11.4 Å². The Morgan fingerprint density at radius 2 is 2.05 bits per heavy atom. The molecule has 5 heteroatoms. The quantitative estimate of drug-likeness (QED) is 0.486. The fourth-order valence-corrected chi connectivity index (χ4v) is 2.50. The predicted molar refractivity (Wildman–Crippen MR) is 87.8 cm³/mol. The minimum atomic E-state index is 0.475. The third-order valence-corrected chi connectivity index (χ3v) is 3.73. The third kappa shape index (κ3) is 3.83. The molecule has 2 rings (SSSR count). The third-order valence-electron chi connectivity index (χ3n) is 2.95. The van der Waals surface area contributed by atoms with E-state index in [0.29, 0.717) is 30.2 Å². The molecule has 0 fully saturated rings. The van der Waals surface area contributed by atoms with Crippen LogP contribution in [0.25, 0.3) is 0 Å². The monoisotopic (exact) mass is 299 g/mol. The van der Waals surface area contributed by atoms with Crippen molar-refractivity contribution in [2.45, 2.75) is 4.90 Å². The van der Waals surface area contributed by atoms with Gasteiger partial charge in [-0.3, -0.25) is 0 Å². The molecule has 0 aliphatic heterocycles. The van der Waals surface area contributed by atoms with Gasteiger partial charge >= 0.3 is 0 Å². The van der Waals surface area contributed by atoms with Gasteiger partial charge in [0, 0.05) is 11.4 Å². The number of benzene rings is 2. The van der Waals surface area contributed by atoms with Crippen LogP contribution in [0.5, 0.6) is 5.75 Å². The van der Waals surface area contributed by atoms with Gasteiger partial charge in [-0.15, -0.1) is 11.8 Å². The van der Waals surface area contributed by atoms with Crippen LogP contribution in [0.2, 0.25) is 0 Å². The first-order valence-corrected chi connectivity index (χ1v) is 7.77. The molecule has 0 saturated carbocycles. The highest BCUT2D eigenvalue weighted by Gasteiger charge is 2.06. The summed E-state index contributed by atoms with van der Waals surface area (Å²) in [5.74, 6) is 0.678. The first kappa shape index (κ1) is 15.1. The molecule has 0 aliphatic carbocycles. The van der Waals surface area contributed by atoms with E-state index in [9.17, 15) is 5.26 Å². The largest absolute Gasteiger partial charge is 0.490 e. The maximum absolute atomic E-state index is 9.25. The number of ether oxygens (including phenoxy) is 1. The number of para-hydroxylation sites is 2. The van der Waals surface area contributed by atoms with Crippen molar-refractivity contribution in [1.82, 2.24) is 0 Å². The van der Waals surface area contributed by atoms with E-state index < -0.39 is 0 Å². The topological polar surface area (TPSA) is 71.1 Å². The first-order chi connectivity index (χ1) is 10.3. The van der Waals surface area contributed by atoms with Crippen LogP contribution >= 0.6 is 11.8 Å². The molecule has 0 aliphatic rings. The van der Waals surface area contributed by atoms with Gasteiger partial charge in [0.1, 0.15) is 18.4 Å². The normalized spacial score (nSPS) is 9.90. The standard InChI is InChI=1S/C16H17N3OS/c1-21-16-8-4-6-14(12(16)11-17)19-9-10-20-15-7-3-2-5-13(15)18/h2-8,19H,9-10,18H2,1H3. The highest BCUT2D eigenvalue weighted by atomic mass is 32.2. The molecule has 3 N–H and O–H groups in total. The highest BCUT2D eigenvalue weighted by molar-refractivity contribution is 7.98. The number of nitrogens with one attached hydrogen (secondary N) is 1. The highest BCUT2D eigenvalue weighted by Crippen LogP contribution is 2.26. The molecule has 108 valence electrons. The van der Waals surface area contributed by atoms with E-state index in [0.717, 1.165) is 10.6 Å². The van der Waals surface area contributed by atoms with Gasteiger partial charge in [0.2, 0.25) is 0 Å².